The predicted octanol–water partition coefficient (Wildman–Crippen LogP) is 1.96. The van der Waals surface area contributed by atoms with Gasteiger partial charge in [0.2, 0.25) is 5.91 Å². The molecule has 5 nitrogen and oxygen atoms in total. The number of rotatable bonds is 6. The van der Waals surface area contributed by atoms with Crippen LogP contribution in [0.3, 0.4) is 0 Å². The Labute approximate surface area is 117 Å². The number of carbonyl (C=O) groups is 2. The third-order valence-corrected chi connectivity index (χ3v) is 3.84. The van der Waals surface area contributed by atoms with Crippen molar-refractivity contribution in [2.75, 3.05) is 7.11 Å². The van der Waals surface area contributed by atoms with Crippen molar-refractivity contribution < 1.29 is 19.4 Å². The summed E-state index contributed by atoms with van der Waals surface area (Å²) >= 11 is 0. The van der Waals surface area contributed by atoms with E-state index in [0.717, 1.165) is 24.8 Å². The second kappa shape index (κ2) is 6.05. The number of hydrogen-bond donors (Lipinski definition) is 2. The molecule has 1 saturated carbocycles. The van der Waals surface area contributed by atoms with Crippen molar-refractivity contribution in [2.45, 2.75) is 37.8 Å². The minimum absolute atomic E-state index is 0.0627. The number of nitrogens with one attached hydrogen (secondary N) is 1. The summed E-state index contributed by atoms with van der Waals surface area (Å²) in [4.78, 5) is 22.8. The molecular formula is C15H19NO4. The topological polar surface area (TPSA) is 75.6 Å². The van der Waals surface area contributed by atoms with Crippen LogP contribution in [0, 0.1) is 0 Å². The Kier molecular flexibility index (Phi) is 4.39. The number of benzene rings is 1. The van der Waals surface area contributed by atoms with Gasteiger partial charge >= 0.3 is 5.97 Å². The minimum atomic E-state index is -0.967. The molecule has 1 amide bonds. The molecule has 0 saturated heterocycles. The zero-order chi connectivity index (χ0) is 14.6. The van der Waals surface area contributed by atoms with E-state index in [-0.39, 0.29) is 17.1 Å². The minimum Gasteiger partial charge on any atom is -0.478 e. The number of methoxy groups -OCH3 is 1. The van der Waals surface area contributed by atoms with Gasteiger partial charge in [0.1, 0.15) is 0 Å². The van der Waals surface area contributed by atoms with E-state index in [4.69, 9.17) is 9.84 Å². The van der Waals surface area contributed by atoms with Gasteiger partial charge in [0.15, 0.2) is 0 Å². The number of carboxylic acids is 1. The highest BCUT2D eigenvalue weighted by atomic mass is 16.5. The highest BCUT2D eigenvalue weighted by Crippen LogP contribution is 2.37. The molecule has 0 atom stereocenters. The third kappa shape index (κ3) is 3.36. The summed E-state index contributed by atoms with van der Waals surface area (Å²) in [5.74, 6) is -1.03. The van der Waals surface area contributed by atoms with Crippen molar-refractivity contribution in [3.05, 3.63) is 35.4 Å². The first-order chi connectivity index (χ1) is 9.54. The lowest BCUT2D eigenvalue weighted by molar-refractivity contribution is -0.134. The molecule has 0 aromatic heterocycles. The van der Waals surface area contributed by atoms with Crippen LogP contribution in [0.25, 0.3) is 0 Å². The quantitative estimate of drug-likeness (QED) is 0.833. The van der Waals surface area contributed by atoms with Crippen LogP contribution in [-0.2, 0) is 16.1 Å². The number of ether oxygens (including phenoxy) is 1. The summed E-state index contributed by atoms with van der Waals surface area (Å²) in [6.07, 6.45) is 3.31. The van der Waals surface area contributed by atoms with Gasteiger partial charge in [-0.05, 0) is 37.0 Å². The molecule has 1 aliphatic rings. The maximum absolute atomic E-state index is 11.9. The number of carboxylic acid groups (broad SMARTS) is 1. The molecule has 20 heavy (non-hydrogen) atoms. The van der Waals surface area contributed by atoms with Crippen molar-refractivity contribution in [2.24, 2.45) is 0 Å². The van der Waals surface area contributed by atoms with Gasteiger partial charge in [0.25, 0.3) is 0 Å². The highest BCUT2D eigenvalue weighted by molar-refractivity contribution is 5.87. The van der Waals surface area contributed by atoms with Crippen molar-refractivity contribution in [3.63, 3.8) is 0 Å². The normalized spacial score (nSPS) is 16.2. The van der Waals surface area contributed by atoms with Gasteiger partial charge in [-0.3, -0.25) is 4.79 Å². The summed E-state index contributed by atoms with van der Waals surface area (Å²) in [7, 11) is 1.64. The molecule has 2 rings (SSSR count). The van der Waals surface area contributed by atoms with Gasteiger partial charge < -0.3 is 15.2 Å². The summed E-state index contributed by atoms with van der Waals surface area (Å²) in [6.45, 7) is 0.333. The molecule has 0 unspecified atom stereocenters. The Morgan fingerprint density at radius 1 is 1.40 bits per heavy atom. The van der Waals surface area contributed by atoms with Crippen LogP contribution in [0.15, 0.2) is 24.3 Å². The molecule has 1 aromatic rings. The third-order valence-electron chi connectivity index (χ3n) is 3.84. The predicted molar refractivity (Wildman–Crippen MR) is 73.5 cm³/mol. The van der Waals surface area contributed by atoms with Crippen LogP contribution in [0.5, 0.6) is 0 Å². The molecule has 1 aromatic carbocycles. The monoisotopic (exact) mass is 277 g/mol. The van der Waals surface area contributed by atoms with Gasteiger partial charge in [0.05, 0.1) is 17.6 Å². The van der Waals surface area contributed by atoms with Crippen LogP contribution in [0.4, 0.5) is 0 Å². The SMILES string of the molecule is COC1(CC(=O)NCc2cccc(C(=O)O)c2)CCC1. The molecule has 0 radical (unpaired) electrons. The first-order valence-electron chi connectivity index (χ1n) is 6.69. The zero-order valence-electron chi connectivity index (χ0n) is 11.5. The lowest BCUT2D eigenvalue weighted by Gasteiger charge is -2.39. The molecule has 0 heterocycles. The Balaban J connectivity index is 1.87. The zero-order valence-corrected chi connectivity index (χ0v) is 11.5. The Hall–Kier alpha value is -1.88. The van der Waals surface area contributed by atoms with Crippen molar-refractivity contribution in [3.8, 4) is 0 Å². The van der Waals surface area contributed by atoms with Crippen molar-refractivity contribution >= 4 is 11.9 Å². The molecule has 0 bridgehead atoms. The summed E-state index contributed by atoms with van der Waals surface area (Å²) in [5.41, 5.74) is 0.718. The van der Waals surface area contributed by atoms with Gasteiger partial charge in [0, 0.05) is 13.7 Å². The van der Waals surface area contributed by atoms with E-state index in [9.17, 15) is 9.59 Å². The standard InChI is InChI=1S/C15H19NO4/c1-20-15(6-3-7-15)9-13(17)16-10-11-4-2-5-12(8-11)14(18)19/h2,4-5,8H,3,6-7,9-10H2,1H3,(H,16,17)(H,18,19). The lowest BCUT2D eigenvalue weighted by atomic mass is 9.77. The second-order valence-electron chi connectivity index (χ2n) is 5.20. The van der Waals surface area contributed by atoms with E-state index in [1.807, 2.05) is 0 Å². The lowest BCUT2D eigenvalue weighted by Crippen LogP contribution is -2.43. The first-order valence-corrected chi connectivity index (χ1v) is 6.69. The van der Waals surface area contributed by atoms with Crippen molar-refractivity contribution in [1.82, 2.24) is 5.32 Å². The molecule has 1 fully saturated rings. The van der Waals surface area contributed by atoms with Crippen LogP contribution in [0.1, 0.15) is 41.6 Å². The fraction of sp³-hybridized carbons (Fsp3) is 0.467. The summed E-state index contributed by atoms with van der Waals surface area (Å²) < 4.78 is 5.41. The van der Waals surface area contributed by atoms with E-state index in [0.29, 0.717) is 13.0 Å². The van der Waals surface area contributed by atoms with Crippen molar-refractivity contribution in [1.29, 1.82) is 0 Å². The van der Waals surface area contributed by atoms with E-state index >= 15 is 0 Å². The van der Waals surface area contributed by atoms with Crippen LogP contribution in [0.2, 0.25) is 0 Å². The van der Waals surface area contributed by atoms with Gasteiger partial charge in [-0.25, -0.2) is 4.79 Å². The molecule has 108 valence electrons. The Morgan fingerprint density at radius 2 is 2.15 bits per heavy atom. The van der Waals surface area contributed by atoms with E-state index in [2.05, 4.69) is 5.32 Å². The largest absolute Gasteiger partial charge is 0.478 e. The van der Waals surface area contributed by atoms with Gasteiger partial charge in [-0.2, -0.15) is 0 Å². The maximum Gasteiger partial charge on any atom is 0.335 e. The average Bonchev–Trinajstić information content (AvgIpc) is 2.41. The molecule has 5 heteroatoms. The number of amides is 1. The van der Waals surface area contributed by atoms with E-state index in [1.54, 1.807) is 25.3 Å². The Bertz CT molecular complexity index is 503. The smallest absolute Gasteiger partial charge is 0.335 e. The average molecular weight is 277 g/mol. The van der Waals surface area contributed by atoms with Crippen LogP contribution in [-0.4, -0.2) is 29.7 Å². The Morgan fingerprint density at radius 3 is 2.70 bits per heavy atom. The first kappa shape index (κ1) is 14.5. The number of carbonyl (C=O) groups excluding carboxylic acids is 1. The molecular weight excluding hydrogens is 258 g/mol. The molecule has 0 aliphatic heterocycles. The second-order valence-corrected chi connectivity index (χ2v) is 5.20. The number of aromatic carboxylic acids is 1. The van der Waals surface area contributed by atoms with Crippen LogP contribution >= 0.6 is 0 Å². The van der Waals surface area contributed by atoms with Gasteiger partial charge in [-0.15, -0.1) is 0 Å². The fourth-order valence-corrected chi connectivity index (χ4v) is 2.39. The fourth-order valence-electron chi connectivity index (χ4n) is 2.39. The molecule has 0 spiro atoms. The maximum atomic E-state index is 11.9. The number of hydrogen-bond acceptors (Lipinski definition) is 3. The molecule has 2 N–H and O–H groups in total. The summed E-state index contributed by atoms with van der Waals surface area (Å²) in [6, 6.07) is 6.57. The summed E-state index contributed by atoms with van der Waals surface area (Å²) in [5, 5.41) is 11.7. The van der Waals surface area contributed by atoms with Crippen LogP contribution < -0.4 is 5.32 Å². The van der Waals surface area contributed by atoms with E-state index in [1.165, 1.54) is 6.07 Å². The highest BCUT2D eigenvalue weighted by Gasteiger charge is 2.38. The molecule has 1 aliphatic carbocycles. The van der Waals surface area contributed by atoms with E-state index < -0.39 is 5.97 Å². The van der Waals surface area contributed by atoms with Gasteiger partial charge in [-0.1, -0.05) is 12.1 Å².